The van der Waals surface area contributed by atoms with Crippen LogP contribution in [-0.2, 0) is 6.42 Å². The summed E-state index contributed by atoms with van der Waals surface area (Å²) in [6.45, 7) is 4.95. The number of benzene rings is 2. The number of halogens is 1. The number of esters is 1. The molecule has 1 aromatic heterocycles. The number of unbranched alkanes of at least 4 members (excludes halogenated alkanes) is 9. The van der Waals surface area contributed by atoms with Crippen LogP contribution in [0.25, 0.3) is 11.4 Å². The van der Waals surface area contributed by atoms with E-state index in [9.17, 15) is 9.18 Å². The van der Waals surface area contributed by atoms with Crippen molar-refractivity contribution in [1.29, 1.82) is 0 Å². The summed E-state index contributed by atoms with van der Waals surface area (Å²) >= 11 is 0. The molecule has 0 amide bonds. The van der Waals surface area contributed by atoms with Crippen LogP contribution in [0.15, 0.2) is 54.9 Å². The molecule has 0 radical (unpaired) electrons. The maximum atomic E-state index is 14.6. The Kier molecular flexibility index (Phi) is 12.7. The van der Waals surface area contributed by atoms with Crippen molar-refractivity contribution >= 4 is 5.97 Å². The lowest BCUT2D eigenvalue weighted by molar-refractivity contribution is 0.0728. The molecule has 0 N–H and O–H groups in total. The normalized spacial score (nSPS) is 10.9. The predicted molar refractivity (Wildman–Crippen MR) is 150 cm³/mol. The molecule has 6 heteroatoms. The van der Waals surface area contributed by atoms with Gasteiger partial charge in [0.25, 0.3) is 0 Å². The molecule has 0 unspecified atom stereocenters. The number of nitrogens with zero attached hydrogens (tertiary/aromatic N) is 2. The molecule has 0 atom stereocenters. The van der Waals surface area contributed by atoms with E-state index >= 15 is 0 Å². The van der Waals surface area contributed by atoms with E-state index in [-0.39, 0.29) is 11.3 Å². The lowest BCUT2D eigenvalue weighted by Crippen LogP contribution is -2.11. The zero-order chi connectivity index (χ0) is 27.0. The highest BCUT2D eigenvalue weighted by atomic mass is 19.1. The zero-order valence-electron chi connectivity index (χ0n) is 22.9. The molecule has 0 saturated carbocycles. The smallest absolute Gasteiger partial charge is 0.346 e. The van der Waals surface area contributed by atoms with E-state index in [0.29, 0.717) is 18.2 Å². The van der Waals surface area contributed by atoms with Crippen LogP contribution in [-0.4, -0.2) is 22.5 Å². The molecule has 204 valence electrons. The first-order chi connectivity index (χ1) is 18.6. The number of ether oxygens (including phenoxy) is 2. The Bertz CT molecular complexity index is 1100. The summed E-state index contributed by atoms with van der Waals surface area (Å²) in [7, 11) is 0. The maximum Gasteiger partial charge on any atom is 0.346 e. The van der Waals surface area contributed by atoms with E-state index in [4.69, 9.17) is 9.47 Å². The highest BCUT2D eigenvalue weighted by molar-refractivity contribution is 5.91. The third-order valence-electron chi connectivity index (χ3n) is 6.55. The van der Waals surface area contributed by atoms with Gasteiger partial charge in [0, 0.05) is 11.6 Å². The summed E-state index contributed by atoms with van der Waals surface area (Å²) in [5.74, 6) is -0.380. The lowest BCUT2D eigenvalue weighted by atomic mass is 10.1. The summed E-state index contributed by atoms with van der Waals surface area (Å²) in [4.78, 5) is 21.1. The molecular weight excluding hydrogens is 479 g/mol. The van der Waals surface area contributed by atoms with Crippen LogP contribution in [0.3, 0.4) is 0 Å². The molecule has 0 aliphatic rings. The highest BCUT2D eigenvalue weighted by Gasteiger charge is 2.16. The van der Waals surface area contributed by atoms with Gasteiger partial charge in [0.1, 0.15) is 11.6 Å². The topological polar surface area (TPSA) is 61.3 Å². The van der Waals surface area contributed by atoms with Crippen molar-refractivity contribution in [1.82, 2.24) is 9.97 Å². The largest absolute Gasteiger partial charge is 0.493 e. The van der Waals surface area contributed by atoms with Crippen LogP contribution in [0.4, 0.5) is 4.39 Å². The molecule has 5 nitrogen and oxygen atoms in total. The Morgan fingerprint density at radius 1 is 0.763 bits per heavy atom. The van der Waals surface area contributed by atoms with Gasteiger partial charge in [0.05, 0.1) is 24.6 Å². The lowest BCUT2D eigenvalue weighted by Gasteiger charge is -2.09. The van der Waals surface area contributed by atoms with Gasteiger partial charge in [-0.3, -0.25) is 0 Å². The van der Waals surface area contributed by atoms with Crippen LogP contribution in [0.1, 0.15) is 100 Å². The van der Waals surface area contributed by atoms with Crippen molar-refractivity contribution < 1.29 is 18.7 Å². The van der Waals surface area contributed by atoms with E-state index in [0.717, 1.165) is 24.8 Å². The summed E-state index contributed by atoms with van der Waals surface area (Å²) in [5, 5.41) is 0. The maximum absolute atomic E-state index is 14.6. The average Bonchev–Trinajstić information content (AvgIpc) is 2.93. The minimum absolute atomic E-state index is 0.157. The van der Waals surface area contributed by atoms with E-state index in [2.05, 4.69) is 35.9 Å². The van der Waals surface area contributed by atoms with Crippen molar-refractivity contribution in [2.45, 2.75) is 90.9 Å². The Hall–Kier alpha value is -3.28. The summed E-state index contributed by atoms with van der Waals surface area (Å²) in [6.07, 6.45) is 17.2. The van der Waals surface area contributed by atoms with Gasteiger partial charge in [0.2, 0.25) is 0 Å². The third-order valence-corrected chi connectivity index (χ3v) is 6.55. The number of hydrogen-bond acceptors (Lipinski definition) is 5. The van der Waals surface area contributed by atoms with Crippen molar-refractivity contribution in [2.24, 2.45) is 0 Å². The SMILES string of the molecule is CCCCCCCCCCOc1ccc(C(=O)Oc2cnc(-c3ccc(CCCCC)cc3)nc2)c(F)c1. The fourth-order valence-corrected chi connectivity index (χ4v) is 4.26. The molecule has 0 fully saturated rings. The number of carbonyl (C=O) groups is 1. The van der Waals surface area contributed by atoms with Gasteiger partial charge in [0.15, 0.2) is 11.6 Å². The molecule has 2 aromatic carbocycles. The van der Waals surface area contributed by atoms with Crippen molar-refractivity contribution in [3.63, 3.8) is 0 Å². The molecule has 3 rings (SSSR count). The minimum atomic E-state index is -0.801. The number of hydrogen-bond donors (Lipinski definition) is 0. The Labute approximate surface area is 226 Å². The average molecular weight is 521 g/mol. The minimum Gasteiger partial charge on any atom is -0.493 e. The molecule has 3 aromatic rings. The molecule has 0 aliphatic heterocycles. The van der Waals surface area contributed by atoms with E-state index < -0.39 is 11.8 Å². The number of aryl methyl sites for hydroxylation is 1. The molecule has 0 aliphatic carbocycles. The predicted octanol–water partition coefficient (Wildman–Crippen LogP) is 8.75. The molecule has 1 heterocycles. The highest BCUT2D eigenvalue weighted by Crippen LogP contribution is 2.21. The number of rotatable bonds is 17. The second-order valence-corrected chi connectivity index (χ2v) is 9.75. The Morgan fingerprint density at radius 2 is 1.39 bits per heavy atom. The van der Waals surface area contributed by atoms with Gasteiger partial charge < -0.3 is 9.47 Å². The van der Waals surface area contributed by atoms with Gasteiger partial charge in [-0.25, -0.2) is 19.2 Å². The molecule has 38 heavy (non-hydrogen) atoms. The summed E-state index contributed by atoms with van der Waals surface area (Å²) in [5.41, 5.74) is 2.02. The van der Waals surface area contributed by atoms with Crippen molar-refractivity contribution in [2.75, 3.05) is 6.61 Å². The Morgan fingerprint density at radius 3 is 2.05 bits per heavy atom. The quantitative estimate of drug-likeness (QED) is 0.131. The molecule has 0 bridgehead atoms. The standard InChI is InChI=1S/C32H41FN2O3/c1-3-5-7-8-9-10-11-13-21-37-27-19-20-29(30(33)22-27)32(36)38-28-23-34-31(35-24-28)26-17-15-25(16-18-26)14-12-6-4-2/h15-20,22-24H,3-14,21H2,1-2H3. The van der Waals surface area contributed by atoms with Crippen LogP contribution in [0.5, 0.6) is 11.5 Å². The van der Waals surface area contributed by atoms with E-state index in [1.165, 1.54) is 87.9 Å². The second-order valence-electron chi connectivity index (χ2n) is 9.75. The van der Waals surface area contributed by atoms with Gasteiger partial charge in [-0.05, 0) is 37.0 Å². The molecule has 0 saturated heterocycles. The van der Waals surface area contributed by atoms with Crippen molar-refractivity contribution in [3.05, 3.63) is 71.8 Å². The van der Waals surface area contributed by atoms with Crippen LogP contribution in [0.2, 0.25) is 0 Å². The fourth-order valence-electron chi connectivity index (χ4n) is 4.26. The third kappa shape index (κ3) is 9.88. The first-order valence-electron chi connectivity index (χ1n) is 14.2. The van der Waals surface area contributed by atoms with E-state index in [1.54, 1.807) is 6.07 Å². The zero-order valence-corrected chi connectivity index (χ0v) is 22.9. The summed E-state index contributed by atoms with van der Waals surface area (Å²) < 4.78 is 25.5. The number of carbonyl (C=O) groups excluding carboxylic acids is 1. The fraction of sp³-hybridized carbons (Fsp3) is 0.469. The first-order valence-corrected chi connectivity index (χ1v) is 14.2. The summed E-state index contributed by atoms with van der Waals surface area (Å²) in [6, 6.07) is 12.4. The van der Waals surface area contributed by atoms with Gasteiger partial charge in [-0.1, -0.05) is 95.9 Å². The molecular formula is C32H41FN2O3. The van der Waals surface area contributed by atoms with Gasteiger partial charge >= 0.3 is 5.97 Å². The monoisotopic (exact) mass is 520 g/mol. The van der Waals surface area contributed by atoms with Gasteiger partial charge in [-0.2, -0.15) is 0 Å². The van der Waals surface area contributed by atoms with Crippen molar-refractivity contribution in [3.8, 4) is 22.9 Å². The second kappa shape index (κ2) is 16.5. The first kappa shape index (κ1) is 29.3. The van der Waals surface area contributed by atoms with Crippen LogP contribution < -0.4 is 9.47 Å². The molecule has 0 spiro atoms. The Balaban J connectivity index is 1.44. The van der Waals surface area contributed by atoms with Crippen LogP contribution >= 0.6 is 0 Å². The van der Waals surface area contributed by atoms with Gasteiger partial charge in [-0.15, -0.1) is 0 Å². The van der Waals surface area contributed by atoms with Crippen LogP contribution in [0, 0.1) is 5.82 Å². The van der Waals surface area contributed by atoms with E-state index in [1.807, 2.05) is 12.1 Å². The number of aromatic nitrogens is 2.